The van der Waals surface area contributed by atoms with Crippen LogP contribution in [0.1, 0.15) is 28.8 Å². The predicted octanol–water partition coefficient (Wildman–Crippen LogP) is 2.71. The summed E-state index contributed by atoms with van der Waals surface area (Å²) in [6.07, 6.45) is 1.83. The average molecular weight is 364 g/mol. The molecule has 0 unspecified atom stereocenters. The first kappa shape index (κ1) is 17.6. The molecule has 1 saturated heterocycles. The van der Waals surface area contributed by atoms with Gasteiger partial charge in [-0.1, -0.05) is 36.4 Å². The second kappa shape index (κ2) is 7.06. The number of piperazine rings is 1. The summed E-state index contributed by atoms with van der Waals surface area (Å²) in [7, 11) is 1.59. The van der Waals surface area contributed by atoms with Gasteiger partial charge in [-0.25, -0.2) is 0 Å². The molecule has 0 aromatic heterocycles. The van der Waals surface area contributed by atoms with E-state index in [1.807, 2.05) is 52.3 Å². The first-order valence-corrected chi connectivity index (χ1v) is 9.42. The molecule has 140 valence electrons. The Morgan fingerprint density at radius 1 is 0.889 bits per heavy atom. The van der Waals surface area contributed by atoms with Crippen LogP contribution in [0.5, 0.6) is 5.75 Å². The van der Waals surface area contributed by atoms with Crippen molar-refractivity contribution in [3.63, 3.8) is 0 Å². The third-order valence-corrected chi connectivity index (χ3v) is 5.66. The molecule has 1 saturated carbocycles. The van der Waals surface area contributed by atoms with Crippen LogP contribution in [-0.2, 0) is 10.2 Å². The van der Waals surface area contributed by atoms with E-state index in [2.05, 4.69) is 0 Å². The van der Waals surface area contributed by atoms with E-state index in [4.69, 9.17) is 4.74 Å². The Morgan fingerprint density at radius 2 is 1.56 bits per heavy atom. The van der Waals surface area contributed by atoms with Gasteiger partial charge in [0.1, 0.15) is 5.75 Å². The maximum Gasteiger partial charge on any atom is 0.254 e. The van der Waals surface area contributed by atoms with Crippen molar-refractivity contribution in [3.05, 3.63) is 65.7 Å². The summed E-state index contributed by atoms with van der Waals surface area (Å²) in [4.78, 5) is 29.6. The summed E-state index contributed by atoms with van der Waals surface area (Å²) in [6.45, 7) is 2.30. The van der Waals surface area contributed by atoms with E-state index in [9.17, 15) is 9.59 Å². The van der Waals surface area contributed by atoms with E-state index in [1.54, 1.807) is 19.2 Å². The minimum absolute atomic E-state index is 0.00908. The van der Waals surface area contributed by atoms with Gasteiger partial charge in [0.15, 0.2) is 0 Å². The highest BCUT2D eigenvalue weighted by molar-refractivity contribution is 5.95. The lowest BCUT2D eigenvalue weighted by atomic mass is 9.94. The zero-order valence-corrected chi connectivity index (χ0v) is 15.6. The Hall–Kier alpha value is -2.82. The Kier molecular flexibility index (Phi) is 4.60. The molecule has 0 atom stereocenters. The number of rotatable bonds is 4. The van der Waals surface area contributed by atoms with Crippen molar-refractivity contribution in [2.75, 3.05) is 33.3 Å². The maximum atomic E-state index is 13.1. The molecule has 0 N–H and O–H groups in total. The Morgan fingerprint density at radius 3 is 2.19 bits per heavy atom. The van der Waals surface area contributed by atoms with E-state index in [0.717, 1.165) is 18.4 Å². The molecule has 1 heterocycles. The highest BCUT2D eigenvalue weighted by Crippen LogP contribution is 2.49. The van der Waals surface area contributed by atoms with E-state index < -0.39 is 0 Å². The highest BCUT2D eigenvalue weighted by atomic mass is 16.5. The van der Waals surface area contributed by atoms with Crippen molar-refractivity contribution < 1.29 is 14.3 Å². The molecule has 2 aliphatic rings. The normalized spacial score (nSPS) is 18.1. The second-order valence-corrected chi connectivity index (χ2v) is 7.26. The van der Waals surface area contributed by atoms with E-state index in [1.165, 1.54) is 0 Å². The summed E-state index contributed by atoms with van der Waals surface area (Å²) >= 11 is 0. The lowest BCUT2D eigenvalue weighted by molar-refractivity contribution is -0.135. The number of methoxy groups -OCH3 is 1. The van der Waals surface area contributed by atoms with Gasteiger partial charge in [-0.15, -0.1) is 0 Å². The Labute approximate surface area is 159 Å². The number of hydrogen-bond donors (Lipinski definition) is 0. The predicted molar refractivity (Wildman–Crippen MR) is 103 cm³/mol. The van der Waals surface area contributed by atoms with Crippen LogP contribution in [0.4, 0.5) is 0 Å². The quantitative estimate of drug-likeness (QED) is 0.838. The van der Waals surface area contributed by atoms with Gasteiger partial charge in [-0.3, -0.25) is 9.59 Å². The summed E-state index contributed by atoms with van der Waals surface area (Å²) in [5.41, 5.74) is 1.40. The van der Waals surface area contributed by atoms with Crippen molar-refractivity contribution in [1.82, 2.24) is 9.80 Å². The molecule has 2 aromatic carbocycles. The molecule has 1 aliphatic heterocycles. The van der Waals surface area contributed by atoms with Gasteiger partial charge in [0.2, 0.25) is 5.91 Å². The first-order chi connectivity index (χ1) is 13.1. The molecule has 2 fully saturated rings. The Bertz CT molecular complexity index is 838. The van der Waals surface area contributed by atoms with Crippen LogP contribution in [0.3, 0.4) is 0 Å². The number of amides is 2. The van der Waals surface area contributed by atoms with Crippen LogP contribution in [0.15, 0.2) is 54.6 Å². The van der Waals surface area contributed by atoms with Gasteiger partial charge < -0.3 is 14.5 Å². The zero-order valence-electron chi connectivity index (χ0n) is 15.6. The summed E-state index contributed by atoms with van der Waals surface area (Å²) in [5, 5.41) is 0. The zero-order chi connectivity index (χ0) is 18.9. The monoisotopic (exact) mass is 364 g/mol. The molecule has 5 nitrogen and oxygen atoms in total. The summed E-state index contributed by atoms with van der Waals surface area (Å²) < 4.78 is 5.20. The van der Waals surface area contributed by atoms with Crippen LogP contribution in [-0.4, -0.2) is 54.9 Å². The van der Waals surface area contributed by atoms with Gasteiger partial charge >= 0.3 is 0 Å². The van der Waals surface area contributed by atoms with Gasteiger partial charge in [-0.05, 0) is 36.6 Å². The van der Waals surface area contributed by atoms with Crippen molar-refractivity contribution >= 4 is 11.8 Å². The van der Waals surface area contributed by atoms with E-state index >= 15 is 0 Å². The van der Waals surface area contributed by atoms with Crippen LogP contribution in [0.2, 0.25) is 0 Å². The van der Waals surface area contributed by atoms with Crippen molar-refractivity contribution in [1.29, 1.82) is 0 Å². The lowest BCUT2D eigenvalue weighted by Crippen LogP contribution is -2.53. The van der Waals surface area contributed by atoms with Gasteiger partial charge in [0, 0.05) is 31.7 Å². The highest BCUT2D eigenvalue weighted by Gasteiger charge is 2.53. The fourth-order valence-electron chi connectivity index (χ4n) is 3.86. The molecule has 1 aliphatic carbocycles. The molecule has 0 bridgehead atoms. The molecule has 0 spiro atoms. The number of carbonyl (C=O) groups is 2. The topological polar surface area (TPSA) is 49.9 Å². The molecule has 2 amide bonds. The summed E-state index contributed by atoms with van der Waals surface area (Å²) in [5.74, 6) is 0.876. The molecular formula is C22H24N2O3. The molecule has 27 heavy (non-hydrogen) atoms. The SMILES string of the molecule is COc1cccc(C(=O)N2CCN(C(=O)C3(c4ccccc4)CC3)CC2)c1. The number of ether oxygens (including phenoxy) is 1. The van der Waals surface area contributed by atoms with Crippen molar-refractivity contribution in [2.24, 2.45) is 0 Å². The lowest BCUT2D eigenvalue weighted by Gasteiger charge is -2.36. The van der Waals surface area contributed by atoms with E-state index in [-0.39, 0.29) is 17.2 Å². The number of hydrogen-bond acceptors (Lipinski definition) is 3. The largest absolute Gasteiger partial charge is 0.497 e. The minimum Gasteiger partial charge on any atom is -0.497 e. The third kappa shape index (κ3) is 3.29. The second-order valence-electron chi connectivity index (χ2n) is 7.26. The van der Waals surface area contributed by atoms with Crippen molar-refractivity contribution in [3.8, 4) is 5.75 Å². The summed E-state index contributed by atoms with van der Waals surface area (Å²) in [6, 6.07) is 17.3. The van der Waals surface area contributed by atoms with Crippen LogP contribution < -0.4 is 4.74 Å². The first-order valence-electron chi connectivity index (χ1n) is 9.42. The van der Waals surface area contributed by atoms with Gasteiger partial charge in [0.05, 0.1) is 12.5 Å². The molecule has 5 heteroatoms. The fourth-order valence-corrected chi connectivity index (χ4v) is 3.86. The molecular weight excluding hydrogens is 340 g/mol. The fraction of sp³-hybridized carbons (Fsp3) is 0.364. The van der Waals surface area contributed by atoms with Crippen LogP contribution in [0.25, 0.3) is 0 Å². The number of nitrogens with zero attached hydrogens (tertiary/aromatic N) is 2. The van der Waals surface area contributed by atoms with E-state index in [0.29, 0.717) is 37.5 Å². The maximum absolute atomic E-state index is 13.1. The Balaban J connectivity index is 1.40. The van der Waals surface area contributed by atoms with Crippen LogP contribution in [0, 0.1) is 0 Å². The average Bonchev–Trinajstić information content (AvgIpc) is 3.55. The van der Waals surface area contributed by atoms with Gasteiger partial charge in [-0.2, -0.15) is 0 Å². The van der Waals surface area contributed by atoms with Gasteiger partial charge in [0.25, 0.3) is 5.91 Å². The molecule has 2 aromatic rings. The minimum atomic E-state index is -0.333. The molecule has 4 rings (SSSR count). The number of carbonyl (C=O) groups excluding carboxylic acids is 2. The number of benzene rings is 2. The van der Waals surface area contributed by atoms with Crippen molar-refractivity contribution in [2.45, 2.75) is 18.3 Å². The standard InChI is InChI=1S/C22H24N2O3/c1-27-19-9-5-6-17(16-19)20(25)23-12-14-24(15-13-23)21(26)22(10-11-22)18-7-3-2-4-8-18/h2-9,16H,10-15H2,1H3. The smallest absolute Gasteiger partial charge is 0.254 e. The third-order valence-electron chi connectivity index (χ3n) is 5.66. The molecule has 0 radical (unpaired) electrons. The van der Waals surface area contributed by atoms with Crippen LogP contribution >= 0.6 is 0 Å².